The summed E-state index contributed by atoms with van der Waals surface area (Å²) < 4.78 is 0. The van der Waals surface area contributed by atoms with Crippen LogP contribution in [0.15, 0.2) is 18.2 Å². The first kappa shape index (κ1) is 18.6. The quantitative estimate of drug-likeness (QED) is 0.770. The van der Waals surface area contributed by atoms with E-state index in [1.165, 1.54) is 64.2 Å². The zero-order chi connectivity index (χ0) is 20.1. The van der Waals surface area contributed by atoms with E-state index in [-0.39, 0.29) is 0 Å². The van der Waals surface area contributed by atoms with Gasteiger partial charge in [-0.25, -0.2) is 0 Å². The van der Waals surface area contributed by atoms with Gasteiger partial charge in [0.2, 0.25) is 0 Å². The molecule has 0 aromatic carbocycles. The summed E-state index contributed by atoms with van der Waals surface area (Å²) in [6.07, 6.45) is 14.1. The van der Waals surface area contributed by atoms with Crippen molar-refractivity contribution >= 4 is 0 Å². The predicted molar refractivity (Wildman–Crippen MR) is 116 cm³/mol. The Kier molecular flexibility index (Phi) is 3.92. The number of aromatic nitrogens is 1. The van der Waals surface area contributed by atoms with Crippen LogP contribution in [0, 0.1) is 47.3 Å². The van der Waals surface area contributed by atoms with Crippen LogP contribution in [0.1, 0.15) is 75.6 Å². The van der Waals surface area contributed by atoms with Crippen molar-refractivity contribution in [1.82, 2.24) is 4.98 Å². The highest BCUT2D eigenvalue weighted by Crippen LogP contribution is 2.60. The third kappa shape index (κ3) is 2.67. The Hall–Kier alpha value is -0.930. The number of pyridine rings is 1. The summed E-state index contributed by atoms with van der Waals surface area (Å²) in [6.45, 7) is 0. The fraction of sp³-hybridized carbons (Fsp3) is 0.815. The summed E-state index contributed by atoms with van der Waals surface area (Å²) in [6, 6.07) is 6.36. The average molecular weight is 408 g/mol. The van der Waals surface area contributed by atoms with E-state index in [9.17, 15) is 10.2 Å². The van der Waals surface area contributed by atoms with E-state index in [1.54, 1.807) is 0 Å². The van der Waals surface area contributed by atoms with Gasteiger partial charge in [-0.15, -0.1) is 0 Å². The highest BCUT2D eigenvalue weighted by Gasteiger charge is 2.57. The van der Waals surface area contributed by atoms with E-state index in [2.05, 4.69) is 18.2 Å². The first-order valence-corrected chi connectivity index (χ1v) is 12.9. The molecule has 8 aliphatic carbocycles. The smallest absolute Gasteiger partial charge is 0.0759 e. The van der Waals surface area contributed by atoms with Gasteiger partial charge < -0.3 is 10.2 Å². The molecule has 0 spiro atoms. The van der Waals surface area contributed by atoms with Gasteiger partial charge in [-0.1, -0.05) is 6.07 Å². The van der Waals surface area contributed by atoms with Crippen LogP contribution in [-0.4, -0.2) is 26.4 Å². The van der Waals surface area contributed by atoms with Crippen molar-refractivity contribution in [2.75, 3.05) is 0 Å². The minimum Gasteiger partial charge on any atom is -0.389 e. The third-order valence-corrected chi connectivity index (χ3v) is 10.9. The van der Waals surface area contributed by atoms with Gasteiger partial charge in [0, 0.05) is 24.2 Å². The number of aliphatic hydroxyl groups is 2. The van der Waals surface area contributed by atoms with Crippen molar-refractivity contribution in [2.24, 2.45) is 47.3 Å². The van der Waals surface area contributed by atoms with Crippen molar-refractivity contribution in [3.05, 3.63) is 29.6 Å². The molecular formula is C27H37NO2. The van der Waals surface area contributed by atoms with E-state index >= 15 is 0 Å². The summed E-state index contributed by atoms with van der Waals surface area (Å²) >= 11 is 0. The lowest BCUT2D eigenvalue weighted by Gasteiger charge is -2.59. The second-order valence-electron chi connectivity index (χ2n) is 12.6. The first-order chi connectivity index (χ1) is 14.5. The van der Waals surface area contributed by atoms with Gasteiger partial charge in [0.25, 0.3) is 0 Å². The van der Waals surface area contributed by atoms with Gasteiger partial charge in [0.1, 0.15) is 0 Å². The van der Waals surface area contributed by atoms with Crippen LogP contribution in [0.2, 0.25) is 0 Å². The van der Waals surface area contributed by atoms with Gasteiger partial charge >= 0.3 is 0 Å². The standard InChI is InChI=1S/C27H37NO2/c29-26(20-6-16-4-17(8-20)9-21(26)7-16)14-24-2-1-3-25(28-24)15-27(30)22-10-18-5-19(12-22)13-23(27)11-18/h1-3,16-23,29-30H,4-15H2. The number of hydrogen-bond donors (Lipinski definition) is 2. The Morgan fingerprint density at radius 3 is 1.27 bits per heavy atom. The van der Waals surface area contributed by atoms with Crippen molar-refractivity contribution in [3.8, 4) is 0 Å². The third-order valence-electron chi connectivity index (χ3n) is 10.9. The van der Waals surface area contributed by atoms with Crippen LogP contribution in [0.4, 0.5) is 0 Å². The van der Waals surface area contributed by atoms with Crippen LogP contribution >= 0.6 is 0 Å². The normalized spacial score (nSPS) is 52.9. The number of rotatable bonds is 4. The van der Waals surface area contributed by atoms with Gasteiger partial charge in [-0.3, -0.25) is 4.98 Å². The van der Waals surface area contributed by atoms with E-state index in [0.29, 0.717) is 36.5 Å². The molecule has 0 amide bonds. The predicted octanol–water partition coefficient (Wildman–Crippen LogP) is 4.54. The summed E-state index contributed by atoms with van der Waals surface area (Å²) in [7, 11) is 0. The van der Waals surface area contributed by atoms with Crippen molar-refractivity contribution in [1.29, 1.82) is 0 Å². The molecule has 8 bridgehead atoms. The molecule has 0 atom stereocenters. The lowest BCUT2D eigenvalue weighted by atomic mass is 9.49. The van der Waals surface area contributed by atoms with E-state index < -0.39 is 11.2 Å². The molecule has 8 saturated carbocycles. The molecule has 1 aromatic rings. The Labute approximate surface area is 180 Å². The Balaban J connectivity index is 1.12. The minimum absolute atomic E-state index is 0.479. The van der Waals surface area contributed by atoms with Crippen molar-refractivity contribution in [2.45, 2.75) is 88.3 Å². The number of nitrogens with zero attached hydrogens (tertiary/aromatic N) is 1. The van der Waals surface area contributed by atoms with Crippen LogP contribution in [0.25, 0.3) is 0 Å². The van der Waals surface area contributed by atoms with Crippen LogP contribution < -0.4 is 0 Å². The molecule has 30 heavy (non-hydrogen) atoms. The van der Waals surface area contributed by atoms with Crippen LogP contribution in [-0.2, 0) is 12.8 Å². The zero-order valence-electron chi connectivity index (χ0n) is 18.2. The molecule has 8 aliphatic rings. The lowest BCUT2D eigenvalue weighted by Crippen LogP contribution is -2.59. The highest BCUT2D eigenvalue weighted by molar-refractivity contribution is 5.20. The molecule has 162 valence electrons. The molecule has 2 N–H and O–H groups in total. The molecule has 3 nitrogen and oxygen atoms in total. The van der Waals surface area contributed by atoms with Gasteiger partial charge in [0.15, 0.2) is 0 Å². The molecule has 1 heterocycles. The topological polar surface area (TPSA) is 53.4 Å². The van der Waals surface area contributed by atoms with Gasteiger partial charge in [0.05, 0.1) is 11.2 Å². The fourth-order valence-electron chi connectivity index (χ4n) is 9.88. The van der Waals surface area contributed by atoms with Crippen molar-refractivity contribution in [3.63, 3.8) is 0 Å². The maximum absolute atomic E-state index is 11.8. The largest absolute Gasteiger partial charge is 0.389 e. The molecule has 1 aromatic heterocycles. The SMILES string of the molecule is OC1(Cc2cccc(CC3(O)C4CC5CC(C4)CC3C5)n2)C2CC3CC(C2)CC1C3. The van der Waals surface area contributed by atoms with E-state index in [4.69, 9.17) is 4.98 Å². The Morgan fingerprint density at radius 2 is 0.933 bits per heavy atom. The number of hydrogen-bond acceptors (Lipinski definition) is 3. The maximum Gasteiger partial charge on any atom is 0.0759 e. The molecule has 8 fully saturated rings. The fourth-order valence-corrected chi connectivity index (χ4v) is 9.88. The monoisotopic (exact) mass is 407 g/mol. The first-order valence-electron chi connectivity index (χ1n) is 12.9. The van der Waals surface area contributed by atoms with Gasteiger partial charge in [-0.05, 0) is 124 Å². The van der Waals surface area contributed by atoms with Crippen molar-refractivity contribution < 1.29 is 10.2 Å². The second kappa shape index (κ2) is 6.32. The summed E-state index contributed by atoms with van der Waals surface area (Å²) in [5.41, 5.74) is 1.02. The molecule has 0 radical (unpaired) electrons. The average Bonchev–Trinajstić information content (AvgIpc) is 2.70. The van der Waals surface area contributed by atoms with Crippen LogP contribution in [0.3, 0.4) is 0 Å². The summed E-state index contributed by atoms with van der Waals surface area (Å²) in [4.78, 5) is 5.05. The Morgan fingerprint density at radius 1 is 0.600 bits per heavy atom. The molecule has 9 rings (SSSR count). The molecule has 0 saturated heterocycles. The minimum atomic E-state index is -0.543. The highest BCUT2D eigenvalue weighted by atomic mass is 16.3. The summed E-state index contributed by atoms with van der Waals surface area (Å²) in [5, 5.41) is 23.6. The second-order valence-corrected chi connectivity index (χ2v) is 12.6. The maximum atomic E-state index is 11.8. The van der Waals surface area contributed by atoms with Gasteiger partial charge in [-0.2, -0.15) is 0 Å². The Bertz CT molecular complexity index is 726. The lowest BCUT2D eigenvalue weighted by molar-refractivity contribution is -0.173. The molecule has 0 unspecified atom stereocenters. The molecule has 3 heteroatoms. The molecular weight excluding hydrogens is 370 g/mol. The van der Waals surface area contributed by atoms with Crippen LogP contribution in [0.5, 0.6) is 0 Å². The molecule has 0 aliphatic heterocycles. The van der Waals surface area contributed by atoms with E-state index in [0.717, 1.165) is 35.1 Å². The summed E-state index contributed by atoms with van der Waals surface area (Å²) in [5.74, 6) is 5.41. The zero-order valence-corrected chi connectivity index (χ0v) is 18.2. The van der Waals surface area contributed by atoms with E-state index in [1.807, 2.05) is 0 Å².